The fraction of sp³-hybridized carbons (Fsp3) is 0.444. The minimum Gasteiger partial charge on any atom is -0.339 e. The summed E-state index contributed by atoms with van der Waals surface area (Å²) in [4.78, 5) is 46.0. The maximum atomic E-state index is 13.9. The molecule has 2 aromatic carbocycles. The summed E-state index contributed by atoms with van der Waals surface area (Å²) in [6.45, 7) is 4.02. The molecule has 0 aliphatic carbocycles. The first-order chi connectivity index (χ1) is 18.2. The molecule has 0 bridgehead atoms. The highest BCUT2D eigenvalue weighted by molar-refractivity contribution is 7.89. The quantitative estimate of drug-likeness (QED) is 0.566. The van der Waals surface area contributed by atoms with Crippen LogP contribution >= 0.6 is 0 Å². The van der Waals surface area contributed by atoms with Crippen LogP contribution in [0.25, 0.3) is 0 Å². The molecule has 3 amide bonds. The molecule has 11 heteroatoms. The van der Waals surface area contributed by atoms with E-state index in [1.807, 2.05) is 35.2 Å². The second-order valence-corrected chi connectivity index (χ2v) is 12.0. The molecule has 5 rings (SSSR count). The van der Waals surface area contributed by atoms with Crippen LogP contribution in [0, 0.1) is 0 Å². The fourth-order valence-electron chi connectivity index (χ4n) is 5.69. The Balaban J connectivity index is 1.33. The van der Waals surface area contributed by atoms with E-state index in [2.05, 4.69) is 0 Å². The third kappa shape index (κ3) is 4.76. The van der Waals surface area contributed by atoms with E-state index in [0.717, 1.165) is 5.69 Å². The molecule has 10 nitrogen and oxygen atoms in total. The van der Waals surface area contributed by atoms with Crippen molar-refractivity contribution in [3.05, 3.63) is 60.7 Å². The molecule has 0 N–H and O–H groups in total. The number of para-hydroxylation sites is 1. The molecule has 0 unspecified atom stereocenters. The van der Waals surface area contributed by atoms with Gasteiger partial charge in [-0.05, 0) is 37.1 Å². The molecule has 2 aromatic rings. The van der Waals surface area contributed by atoms with Crippen LogP contribution in [0.4, 0.5) is 5.69 Å². The maximum absolute atomic E-state index is 13.9. The molecular weight excluding hydrogens is 506 g/mol. The van der Waals surface area contributed by atoms with Crippen molar-refractivity contribution in [2.75, 3.05) is 57.4 Å². The Morgan fingerprint density at radius 3 is 1.95 bits per heavy atom. The summed E-state index contributed by atoms with van der Waals surface area (Å²) in [6.07, 6.45) is 0.656. The summed E-state index contributed by atoms with van der Waals surface area (Å²) in [5, 5.41) is 0. The first kappa shape index (κ1) is 26.2. The normalized spacial score (nSPS) is 20.3. The molecule has 0 aromatic heterocycles. The van der Waals surface area contributed by atoms with Crippen molar-refractivity contribution < 1.29 is 22.8 Å². The van der Waals surface area contributed by atoms with E-state index in [0.29, 0.717) is 39.0 Å². The van der Waals surface area contributed by atoms with Crippen LogP contribution in [-0.2, 0) is 24.4 Å². The van der Waals surface area contributed by atoms with E-state index >= 15 is 0 Å². The summed E-state index contributed by atoms with van der Waals surface area (Å²) < 4.78 is 27.9. The average molecular weight is 540 g/mol. The Labute approximate surface area is 223 Å². The standard InChI is InChI=1S/C27H33N5O5S/c1-22(33)28-16-18-29(19-17-28)25(34)20-30-21-32(23-8-4-2-5-9-23)27(26(30)35)12-14-31(15-13-27)38(36,37)24-10-6-3-7-11-24/h2-11H,12-21H2,1H3. The molecule has 202 valence electrons. The van der Waals surface area contributed by atoms with Gasteiger partial charge in [-0.25, -0.2) is 8.42 Å². The van der Waals surface area contributed by atoms with E-state index in [4.69, 9.17) is 0 Å². The Kier molecular flexibility index (Phi) is 7.15. The molecule has 1 spiro atoms. The first-order valence-electron chi connectivity index (χ1n) is 12.9. The third-order valence-corrected chi connectivity index (χ3v) is 9.83. The molecule has 3 aliphatic heterocycles. The van der Waals surface area contributed by atoms with Gasteiger partial charge in [0.1, 0.15) is 12.1 Å². The van der Waals surface area contributed by atoms with Gasteiger partial charge < -0.3 is 19.6 Å². The Hall–Kier alpha value is -3.44. The Morgan fingerprint density at radius 1 is 0.816 bits per heavy atom. The Morgan fingerprint density at radius 2 is 1.37 bits per heavy atom. The summed E-state index contributed by atoms with van der Waals surface area (Å²) in [5.41, 5.74) is -0.0530. The van der Waals surface area contributed by atoms with Gasteiger partial charge in [0.15, 0.2) is 0 Å². The van der Waals surface area contributed by atoms with Crippen LogP contribution in [0.1, 0.15) is 19.8 Å². The lowest BCUT2D eigenvalue weighted by Gasteiger charge is -2.42. The monoisotopic (exact) mass is 539 g/mol. The molecular formula is C27H33N5O5S. The summed E-state index contributed by atoms with van der Waals surface area (Å²) >= 11 is 0. The van der Waals surface area contributed by atoms with Crippen LogP contribution in [0.15, 0.2) is 65.6 Å². The zero-order valence-corrected chi connectivity index (χ0v) is 22.3. The topological polar surface area (TPSA) is 102 Å². The number of hydrogen-bond donors (Lipinski definition) is 0. The van der Waals surface area contributed by atoms with Gasteiger partial charge in [0.05, 0.1) is 11.6 Å². The van der Waals surface area contributed by atoms with Crippen molar-refractivity contribution in [3.63, 3.8) is 0 Å². The predicted octanol–water partition coefficient (Wildman–Crippen LogP) is 1.21. The molecule has 0 radical (unpaired) electrons. The van der Waals surface area contributed by atoms with Crippen LogP contribution in [0.5, 0.6) is 0 Å². The van der Waals surface area contributed by atoms with E-state index in [1.54, 1.807) is 45.0 Å². The highest BCUT2D eigenvalue weighted by Gasteiger charge is 2.55. The maximum Gasteiger partial charge on any atom is 0.250 e. The van der Waals surface area contributed by atoms with Crippen molar-refractivity contribution in [2.45, 2.75) is 30.2 Å². The first-order valence-corrected chi connectivity index (χ1v) is 14.4. The van der Waals surface area contributed by atoms with Gasteiger partial charge in [-0.2, -0.15) is 4.31 Å². The number of benzene rings is 2. The molecule has 3 saturated heterocycles. The second-order valence-electron chi connectivity index (χ2n) is 10.0. The summed E-state index contributed by atoms with van der Waals surface area (Å²) in [5.74, 6) is -0.294. The number of nitrogens with zero attached hydrogens (tertiary/aromatic N) is 5. The smallest absolute Gasteiger partial charge is 0.250 e. The number of anilines is 1. The van der Waals surface area contributed by atoms with Gasteiger partial charge in [-0.15, -0.1) is 0 Å². The van der Waals surface area contributed by atoms with Crippen LogP contribution < -0.4 is 4.90 Å². The van der Waals surface area contributed by atoms with Crippen LogP contribution in [0.2, 0.25) is 0 Å². The fourth-order valence-corrected chi connectivity index (χ4v) is 7.16. The minimum absolute atomic E-state index is 0.00659. The largest absolute Gasteiger partial charge is 0.339 e. The van der Waals surface area contributed by atoms with Gasteiger partial charge in [-0.1, -0.05) is 36.4 Å². The highest BCUT2D eigenvalue weighted by atomic mass is 32.2. The number of carbonyl (C=O) groups excluding carboxylic acids is 3. The summed E-state index contributed by atoms with van der Waals surface area (Å²) in [6, 6.07) is 17.9. The Bertz CT molecular complexity index is 1290. The van der Waals surface area contributed by atoms with Crippen LogP contribution in [-0.4, -0.2) is 103 Å². The lowest BCUT2D eigenvalue weighted by atomic mass is 9.86. The summed E-state index contributed by atoms with van der Waals surface area (Å²) in [7, 11) is -3.66. The number of piperidine rings is 1. The van der Waals surface area contributed by atoms with Crippen LogP contribution in [0.3, 0.4) is 0 Å². The van der Waals surface area contributed by atoms with E-state index in [-0.39, 0.29) is 48.9 Å². The number of carbonyl (C=O) groups is 3. The zero-order chi connectivity index (χ0) is 26.9. The number of rotatable bonds is 5. The highest BCUT2D eigenvalue weighted by Crippen LogP contribution is 2.40. The SMILES string of the molecule is CC(=O)N1CCN(C(=O)CN2CN(c3ccccc3)C3(CCN(S(=O)(=O)c4ccccc4)CC3)C2=O)CC1. The number of piperazine rings is 1. The molecule has 3 aliphatic rings. The average Bonchev–Trinajstić information content (AvgIpc) is 3.20. The zero-order valence-electron chi connectivity index (χ0n) is 21.5. The molecule has 3 fully saturated rings. The molecule has 38 heavy (non-hydrogen) atoms. The van der Waals surface area contributed by atoms with E-state index in [9.17, 15) is 22.8 Å². The third-order valence-electron chi connectivity index (χ3n) is 7.92. The molecule has 0 saturated carbocycles. The van der Waals surface area contributed by atoms with Gasteiger partial charge in [0.2, 0.25) is 27.7 Å². The lowest BCUT2D eigenvalue weighted by Crippen LogP contribution is -2.57. The van der Waals surface area contributed by atoms with Crippen molar-refractivity contribution in [1.29, 1.82) is 0 Å². The lowest BCUT2D eigenvalue weighted by molar-refractivity contribution is -0.143. The van der Waals surface area contributed by atoms with Crippen molar-refractivity contribution in [3.8, 4) is 0 Å². The van der Waals surface area contributed by atoms with Gasteiger partial charge in [0, 0.05) is 51.9 Å². The van der Waals surface area contributed by atoms with Crippen molar-refractivity contribution in [1.82, 2.24) is 19.0 Å². The number of sulfonamides is 1. The predicted molar refractivity (Wildman–Crippen MR) is 142 cm³/mol. The number of hydrogen-bond acceptors (Lipinski definition) is 6. The molecule has 3 heterocycles. The van der Waals surface area contributed by atoms with Crippen molar-refractivity contribution in [2.24, 2.45) is 0 Å². The second kappa shape index (κ2) is 10.4. The number of amides is 3. The van der Waals surface area contributed by atoms with Gasteiger partial charge in [0.25, 0.3) is 0 Å². The van der Waals surface area contributed by atoms with Gasteiger partial charge >= 0.3 is 0 Å². The van der Waals surface area contributed by atoms with E-state index < -0.39 is 15.6 Å². The minimum atomic E-state index is -3.66. The van der Waals surface area contributed by atoms with E-state index in [1.165, 1.54) is 11.2 Å². The van der Waals surface area contributed by atoms with Gasteiger partial charge in [-0.3, -0.25) is 14.4 Å². The molecule has 0 atom stereocenters. The van der Waals surface area contributed by atoms with Crippen molar-refractivity contribution >= 4 is 33.4 Å².